The van der Waals surface area contributed by atoms with E-state index in [1.165, 1.54) is 10.5 Å². The Labute approximate surface area is 187 Å². The van der Waals surface area contributed by atoms with Crippen molar-refractivity contribution in [1.82, 2.24) is 25.2 Å². The number of amides is 2. The monoisotopic (exact) mass is 448 g/mol. The van der Waals surface area contributed by atoms with Gasteiger partial charge in [0.2, 0.25) is 0 Å². The predicted octanol–water partition coefficient (Wildman–Crippen LogP) is 5.03. The second-order valence-corrected chi connectivity index (χ2v) is 9.03. The highest BCUT2D eigenvalue weighted by molar-refractivity contribution is 7.19. The minimum Gasteiger partial charge on any atom is -0.340 e. The summed E-state index contributed by atoms with van der Waals surface area (Å²) < 4.78 is 1.16. The van der Waals surface area contributed by atoms with E-state index in [1.807, 2.05) is 22.5 Å². The molecule has 1 aliphatic heterocycles. The van der Waals surface area contributed by atoms with Crippen LogP contribution in [0, 0.1) is 0 Å². The number of benzene rings is 1. The standard InChI is InChI=1S/C22H20N6OS2/c1-2-7-23-22(29)28-8-5-14(6-9-28)19-11-16-20(24-12-25-21(16)31-19)27-15-3-4-18-17(10-15)26-13-30-18/h2-5,10-13H,1,6-9H2,(H,23,29)(H,24,25,27). The van der Waals surface area contributed by atoms with Gasteiger partial charge in [0.15, 0.2) is 0 Å². The van der Waals surface area contributed by atoms with Crippen LogP contribution in [0.2, 0.25) is 0 Å². The predicted molar refractivity (Wildman–Crippen MR) is 128 cm³/mol. The molecule has 0 radical (unpaired) electrons. The molecule has 0 bridgehead atoms. The van der Waals surface area contributed by atoms with Crippen molar-refractivity contribution in [3.63, 3.8) is 0 Å². The summed E-state index contributed by atoms with van der Waals surface area (Å²) in [5.41, 5.74) is 5.01. The van der Waals surface area contributed by atoms with E-state index in [-0.39, 0.29) is 6.03 Å². The van der Waals surface area contributed by atoms with Crippen molar-refractivity contribution in [3.05, 3.63) is 59.7 Å². The molecule has 7 nitrogen and oxygen atoms in total. The number of rotatable bonds is 5. The quantitative estimate of drug-likeness (QED) is 0.419. The second kappa shape index (κ2) is 8.44. The second-order valence-electron chi connectivity index (χ2n) is 7.11. The zero-order valence-corrected chi connectivity index (χ0v) is 18.3. The van der Waals surface area contributed by atoms with Gasteiger partial charge in [-0.15, -0.1) is 29.3 Å². The highest BCUT2D eigenvalue weighted by Crippen LogP contribution is 2.36. The number of thiophene rings is 1. The van der Waals surface area contributed by atoms with Crippen molar-refractivity contribution in [1.29, 1.82) is 0 Å². The van der Waals surface area contributed by atoms with Crippen LogP contribution >= 0.6 is 22.7 Å². The van der Waals surface area contributed by atoms with Gasteiger partial charge in [-0.25, -0.2) is 19.7 Å². The molecule has 0 saturated carbocycles. The third kappa shape index (κ3) is 4.01. The Kier molecular flexibility index (Phi) is 5.35. The number of hydrogen-bond donors (Lipinski definition) is 2. The molecule has 9 heteroatoms. The van der Waals surface area contributed by atoms with E-state index < -0.39 is 0 Å². The number of nitrogens with one attached hydrogen (secondary N) is 2. The van der Waals surface area contributed by atoms with Gasteiger partial charge in [0.25, 0.3) is 0 Å². The first-order valence-corrected chi connectivity index (χ1v) is 11.6. The molecule has 4 aromatic rings. The lowest BCUT2D eigenvalue weighted by atomic mass is 10.1. The first kappa shape index (κ1) is 19.7. The summed E-state index contributed by atoms with van der Waals surface area (Å²) >= 11 is 3.28. The average molecular weight is 449 g/mol. The molecule has 1 aliphatic rings. The number of aromatic nitrogens is 3. The number of carbonyl (C=O) groups is 1. The maximum atomic E-state index is 12.1. The third-order valence-electron chi connectivity index (χ3n) is 5.13. The fourth-order valence-electron chi connectivity index (χ4n) is 3.53. The topological polar surface area (TPSA) is 83.0 Å². The molecule has 0 fully saturated rings. The molecular formula is C22H20N6OS2. The Morgan fingerprint density at radius 2 is 2.19 bits per heavy atom. The smallest absolute Gasteiger partial charge is 0.317 e. The molecule has 1 aromatic carbocycles. The molecule has 0 unspecified atom stereocenters. The van der Waals surface area contributed by atoms with Gasteiger partial charge in [0.05, 0.1) is 21.1 Å². The van der Waals surface area contributed by atoms with Crippen molar-refractivity contribution >= 4 is 66.2 Å². The maximum Gasteiger partial charge on any atom is 0.317 e. The number of hydrogen-bond acceptors (Lipinski definition) is 7. The normalized spacial score (nSPS) is 13.9. The van der Waals surface area contributed by atoms with Crippen LogP contribution in [-0.4, -0.2) is 45.5 Å². The van der Waals surface area contributed by atoms with Gasteiger partial charge in [-0.2, -0.15) is 0 Å². The number of fused-ring (bicyclic) bond motifs is 2. The lowest BCUT2D eigenvalue weighted by Crippen LogP contribution is -2.42. The molecule has 156 valence electrons. The molecule has 0 spiro atoms. The molecule has 0 atom stereocenters. The van der Waals surface area contributed by atoms with Crippen LogP contribution in [0.1, 0.15) is 11.3 Å². The van der Waals surface area contributed by atoms with Crippen molar-refractivity contribution in [2.75, 3.05) is 25.0 Å². The van der Waals surface area contributed by atoms with E-state index in [2.05, 4.69) is 50.4 Å². The maximum absolute atomic E-state index is 12.1. The van der Waals surface area contributed by atoms with Gasteiger partial charge < -0.3 is 15.5 Å². The van der Waals surface area contributed by atoms with Gasteiger partial charge in [0.1, 0.15) is 17.0 Å². The summed E-state index contributed by atoms with van der Waals surface area (Å²) in [6.07, 6.45) is 6.21. The summed E-state index contributed by atoms with van der Waals surface area (Å²) in [6.45, 7) is 5.39. The highest BCUT2D eigenvalue weighted by atomic mass is 32.1. The first-order chi connectivity index (χ1) is 15.2. The summed E-state index contributed by atoms with van der Waals surface area (Å²) in [7, 11) is 0. The lowest BCUT2D eigenvalue weighted by Gasteiger charge is -2.26. The van der Waals surface area contributed by atoms with Crippen molar-refractivity contribution in [2.24, 2.45) is 0 Å². The fourth-order valence-corrected chi connectivity index (χ4v) is 5.26. The average Bonchev–Trinajstić information content (AvgIpc) is 3.45. The van der Waals surface area contributed by atoms with Crippen molar-refractivity contribution in [2.45, 2.75) is 6.42 Å². The minimum atomic E-state index is -0.0547. The molecule has 5 rings (SSSR count). The summed E-state index contributed by atoms with van der Waals surface area (Å²) in [6, 6.07) is 8.22. The Bertz CT molecular complexity index is 1310. The molecule has 0 aliphatic carbocycles. The van der Waals surface area contributed by atoms with Crippen LogP contribution in [0.3, 0.4) is 0 Å². The zero-order chi connectivity index (χ0) is 21.2. The Hall–Kier alpha value is -3.30. The molecule has 2 amide bonds. The van der Waals surface area contributed by atoms with Gasteiger partial charge in [-0.3, -0.25) is 0 Å². The Balaban J connectivity index is 1.37. The van der Waals surface area contributed by atoms with Gasteiger partial charge in [0, 0.05) is 30.2 Å². The summed E-state index contributed by atoms with van der Waals surface area (Å²) in [5, 5.41) is 7.24. The Morgan fingerprint density at radius 1 is 1.26 bits per heavy atom. The SMILES string of the molecule is C=CCNC(=O)N1CC=C(c2cc3c(Nc4ccc5scnc5c4)ncnc3s2)CC1. The van der Waals surface area contributed by atoms with Crippen LogP contribution in [0.15, 0.2) is 54.8 Å². The lowest BCUT2D eigenvalue weighted by molar-refractivity contribution is 0.204. The van der Waals surface area contributed by atoms with E-state index in [1.54, 1.807) is 35.1 Å². The van der Waals surface area contributed by atoms with E-state index in [0.29, 0.717) is 19.6 Å². The number of thiazole rings is 1. The molecule has 2 N–H and O–H groups in total. The Morgan fingerprint density at radius 3 is 3.03 bits per heavy atom. The number of nitrogens with zero attached hydrogens (tertiary/aromatic N) is 4. The molecule has 4 heterocycles. The van der Waals surface area contributed by atoms with Gasteiger partial charge in [-0.05, 0) is 36.3 Å². The molecule has 0 saturated heterocycles. The van der Waals surface area contributed by atoms with Crippen LogP contribution in [0.5, 0.6) is 0 Å². The van der Waals surface area contributed by atoms with Crippen LogP contribution in [0.25, 0.3) is 26.0 Å². The highest BCUT2D eigenvalue weighted by Gasteiger charge is 2.19. The van der Waals surface area contributed by atoms with Crippen LogP contribution < -0.4 is 10.6 Å². The van der Waals surface area contributed by atoms with E-state index in [4.69, 9.17) is 0 Å². The largest absolute Gasteiger partial charge is 0.340 e. The van der Waals surface area contributed by atoms with E-state index in [9.17, 15) is 4.79 Å². The van der Waals surface area contributed by atoms with Gasteiger partial charge >= 0.3 is 6.03 Å². The fraction of sp³-hybridized carbons (Fsp3) is 0.182. The number of anilines is 2. The summed E-state index contributed by atoms with van der Waals surface area (Å²) in [5.74, 6) is 0.781. The van der Waals surface area contributed by atoms with Crippen LogP contribution in [0.4, 0.5) is 16.3 Å². The van der Waals surface area contributed by atoms with Gasteiger partial charge in [-0.1, -0.05) is 12.2 Å². The summed E-state index contributed by atoms with van der Waals surface area (Å²) in [4.78, 5) is 29.4. The zero-order valence-electron chi connectivity index (χ0n) is 16.7. The number of urea groups is 1. The van der Waals surface area contributed by atoms with Crippen LogP contribution in [-0.2, 0) is 0 Å². The van der Waals surface area contributed by atoms with Crippen molar-refractivity contribution in [3.8, 4) is 0 Å². The minimum absolute atomic E-state index is 0.0547. The van der Waals surface area contributed by atoms with Crippen molar-refractivity contribution < 1.29 is 4.79 Å². The van der Waals surface area contributed by atoms with E-state index >= 15 is 0 Å². The molecule has 31 heavy (non-hydrogen) atoms. The molecular weight excluding hydrogens is 428 g/mol. The third-order valence-corrected chi connectivity index (χ3v) is 7.06. The molecule has 3 aromatic heterocycles. The first-order valence-electron chi connectivity index (χ1n) is 9.89. The van der Waals surface area contributed by atoms with E-state index in [0.717, 1.165) is 38.4 Å². The number of carbonyl (C=O) groups excluding carboxylic acids is 1.